The Hall–Kier alpha value is -2.60. The molecule has 0 aliphatic heterocycles. The number of aromatic nitrogens is 4. The van der Waals surface area contributed by atoms with Gasteiger partial charge in [-0.15, -0.1) is 0 Å². The van der Waals surface area contributed by atoms with E-state index in [0.29, 0.717) is 33.8 Å². The molecule has 7 heteroatoms. The van der Waals surface area contributed by atoms with Gasteiger partial charge < -0.3 is 9.47 Å². The molecular weight excluding hydrogens is 292 g/mol. The Balaban J connectivity index is 2.04. The van der Waals surface area contributed by atoms with E-state index in [-0.39, 0.29) is 0 Å². The van der Waals surface area contributed by atoms with Crippen molar-refractivity contribution in [3.05, 3.63) is 47.9 Å². The van der Waals surface area contributed by atoms with Crippen LogP contribution in [0.4, 0.5) is 0 Å². The summed E-state index contributed by atoms with van der Waals surface area (Å²) in [6.45, 7) is 0. The molecule has 3 aromatic rings. The number of H-pyrrole nitrogens is 1. The lowest BCUT2D eigenvalue weighted by Gasteiger charge is -2.11. The third-order valence-electron chi connectivity index (χ3n) is 2.78. The van der Waals surface area contributed by atoms with Crippen molar-refractivity contribution < 1.29 is 9.47 Å². The highest BCUT2D eigenvalue weighted by Crippen LogP contribution is 2.36. The lowest BCUT2D eigenvalue weighted by Crippen LogP contribution is -1.96. The lowest BCUT2D eigenvalue weighted by molar-refractivity contribution is 0.407. The van der Waals surface area contributed by atoms with Gasteiger partial charge in [-0.05, 0) is 30.3 Å². The molecule has 0 radical (unpaired) electrons. The van der Waals surface area contributed by atoms with Crippen LogP contribution in [0, 0.1) is 0 Å². The molecule has 21 heavy (non-hydrogen) atoms. The van der Waals surface area contributed by atoms with Gasteiger partial charge in [0.1, 0.15) is 23.4 Å². The van der Waals surface area contributed by atoms with E-state index in [2.05, 4.69) is 20.2 Å². The molecule has 6 nitrogen and oxygen atoms in total. The van der Waals surface area contributed by atoms with Gasteiger partial charge in [0.25, 0.3) is 0 Å². The minimum Gasteiger partial charge on any atom is -0.496 e. The summed E-state index contributed by atoms with van der Waals surface area (Å²) < 4.78 is 11.1. The van der Waals surface area contributed by atoms with E-state index in [0.717, 1.165) is 0 Å². The first-order valence-corrected chi connectivity index (χ1v) is 6.48. The van der Waals surface area contributed by atoms with Crippen LogP contribution in [0.5, 0.6) is 17.4 Å². The van der Waals surface area contributed by atoms with Crippen molar-refractivity contribution in [3.8, 4) is 28.8 Å². The molecule has 2 aromatic heterocycles. The smallest absolute Gasteiger partial charge is 0.234 e. The summed E-state index contributed by atoms with van der Waals surface area (Å²) in [4.78, 5) is 8.36. The van der Waals surface area contributed by atoms with Crippen LogP contribution < -0.4 is 9.47 Å². The minimum absolute atomic E-state index is 0.369. The fraction of sp³-hybridized carbons (Fsp3) is 0.0714. The summed E-state index contributed by atoms with van der Waals surface area (Å²) in [7, 11) is 1.57. The summed E-state index contributed by atoms with van der Waals surface area (Å²) in [6.07, 6.45) is 3.01. The quantitative estimate of drug-likeness (QED) is 0.800. The van der Waals surface area contributed by atoms with Gasteiger partial charge in [0, 0.05) is 11.2 Å². The number of rotatable bonds is 4. The second kappa shape index (κ2) is 5.80. The maximum absolute atomic E-state index is 5.86. The van der Waals surface area contributed by atoms with Crippen molar-refractivity contribution in [2.45, 2.75) is 0 Å². The number of nitrogens with zero attached hydrogens (tertiary/aromatic N) is 3. The molecule has 1 aromatic carbocycles. The zero-order chi connectivity index (χ0) is 14.7. The van der Waals surface area contributed by atoms with Gasteiger partial charge in [0.2, 0.25) is 5.88 Å². The van der Waals surface area contributed by atoms with Crippen LogP contribution in [0.15, 0.2) is 42.9 Å². The van der Waals surface area contributed by atoms with Gasteiger partial charge in [-0.3, -0.25) is 5.10 Å². The molecule has 0 amide bonds. The van der Waals surface area contributed by atoms with Gasteiger partial charge in [-0.1, -0.05) is 11.6 Å². The molecule has 0 bridgehead atoms. The standard InChI is InChI=1S/C14H11ClN4O2/c1-20-11-6-7-16-14(12(11)13-17-8-18-19-13)21-10-4-2-9(15)3-5-10/h2-8H,1H3,(H,17,18,19). The van der Waals surface area contributed by atoms with Crippen molar-refractivity contribution >= 4 is 11.6 Å². The molecule has 0 saturated heterocycles. The van der Waals surface area contributed by atoms with Crippen molar-refractivity contribution in [2.24, 2.45) is 0 Å². The fourth-order valence-corrected chi connectivity index (χ4v) is 1.96. The first-order valence-electron chi connectivity index (χ1n) is 6.10. The van der Waals surface area contributed by atoms with Gasteiger partial charge in [0.05, 0.1) is 7.11 Å². The second-order valence-electron chi connectivity index (χ2n) is 4.08. The van der Waals surface area contributed by atoms with E-state index in [9.17, 15) is 0 Å². The topological polar surface area (TPSA) is 72.9 Å². The normalized spacial score (nSPS) is 10.4. The monoisotopic (exact) mass is 302 g/mol. The van der Waals surface area contributed by atoms with Crippen molar-refractivity contribution in [1.82, 2.24) is 20.2 Å². The Kier molecular flexibility index (Phi) is 3.70. The first-order chi connectivity index (χ1) is 10.3. The first kappa shape index (κ1) is 13.4. The number of halogens is 1. The molecular formula is C14H11ClN4O2. The molecule has 0 atom stereocenters. The van der Waals surface area contributed by atoms with Crippen LogP contribution in [0.25, 0.3) is 11.4 Å². The Bertz CT molecular complexity index is 729. The van der Waals surface area contributed by atoms with Crippen LogP contribution >= 0.6 is 11.6 Å². The molecule has 0 saturated carbocycles. The third-order valence-corrected chi connectivity index (χ3v) is 3.03. The van der Waals surface area contributed by atoms with Crippen LogP contribution in [-0.4, -0.2) is 27.3 Å². The molecule has 2 heterocycles. The maximum atomic E-state index is 5.86. The van der Waals surface area contributed by atoms with Gasteiger partial charge in [-0.25, -0.2) is 9.97 Å². The van der Waals surface area contributed by atoms with E-state index in [1.807, 2.05) is 0 Å². The van der Waals surface area contributed by atoms with Crippen LogP contribution in [-0.2, 0) is 0 Å². The number of methoxy groups -OCH3 is 1. The van der Waals surface area contributed by atoms with E-state index >= 15 is 0 Å². The van der Waals surface area contributed by atoms with Crippen molar-refractivity contribution in [1.29, 1.82) is 0 Å². The summed E-state index contributed by atoms with van der Waals surface area (Å²) in [6, 6.07) is 8.73. The Labute approximate surface area is 125 Å². The largest absolute Gasteiger partial charge is 0.496 e. The molecule has 0 fully saturated rings. The Morgan fingerprint density at radius 2 is 1.90 bits per heavy atom. The number of aromatic amines is 1. The molecule has 1 N–H and O–H groups in total. The van der Waals surface area contributed by atoms with Gasteiger partial charge >= 0.3 is 0 Å². The Morgan fingerprint density at radius 3 is 2.57 bits per heavy atom. The molecule has 106 valence electrons. The summed E-state index contributed by atoms with van der Waals surface area (Å²) >= 11 is 5.86. The zero-order valence-electron chi connectivity index (χ0n) is 11.1. The highest BCUT2D eigenvalue weighted by Gasteiger charge is 2.17. The van der Waals surface area contributed by atoms with Crippen LogP contribution in [0.3, 0.4) is 0 Å². The predicted octanol–water partition coefficient (Wildman–Crippen LogP) is 3.32. The summed E-state index contributed by atoms with van der Waals surface area (Å²) in [5.74, 6) is 2.09. The third kappa shape index (κ3) is 2.80. The van der Waals surface area contributed by atoms with Crippen molar-refractivity contribution in [3.63, 3.8) is 0 Å². The maximum Gasteiger partial charge on any atom is 0.234 e. The summed E-state index contributed by atoms with van der Waals surface area (Å²) in [5, 5.41) is 7.26. The SMILES string of the molecule is COc1ccnc(Oc2ccc(Cl)cc2)c1-c1ncn[nH]1. The number of benzene rings is 1. The van der Waals surface area contributed by atoms with E-state index in [1.165, 1.54) is 6.33 Å². The van der Waals surface area contributed by atoms with E-state index in [4.69, 9.17) is 21.1 Å². The second-order valence-corrected chi connectivity index (χ2v) is 4.52. The van der Waals surface area contributed by atoms with Crippen LogP contribution in [0.2, 0.25) is 5.02 Å². The molecule has 0 spiro atoms. The lowest BCUT2D eigenvalue weighted by atomic mass is 10.2. The molecule has 0 unspecified atom stereocenters. The highest BCUT2D eigenvalue weighted by atomic mass is 35.5. The van der Waals surface area contributed by atoms with E-state index < -0.39 is 0 Å². The summed E-state index contributed by atoms with van der Waals surface area (Å²) in [5.41, 5.74) is 0.604. The number of hydrogen-bond donors (Lipinski definition) is 1. The minimum atomic E-state index is 0.369. The molecule has 3 rings (SSSR count). The average molecular weight is 303 g/mol. The van der Waals surface area contributed by atoms with E-state index in [1.54, 1.807) is 43.6 Å². The number of nitrogens with one attached hydrogen (secondary N) is 1. The molecule has 0 aliphatic carbocycles. The van der Waals surface area contributed by atoms with Gasteiger partial charge in [-0.2, -0.15) is 5.10 Å². The zero-order valence-corrected chi connectivity index (χ0v) is 11.8. The number of pyridine rings is 1. The van der Waals surface area contributed by atoms with Crippen molar-refractivity contribution in [2.75, 3.05) is 7.11 Å². The fourth-order valence-electron chi connectivity index (χ4n) is 1.83. The van der Waals surface area contributed by atoms with Gasteiger partial charge in [0.15, 0.2) is 5.82 Å². The number of ether oxygens (including phenoxy) is 2. The predicted molar refractivity (Wildman–Crippen MR) is 77.7 cm³/mol. The number of hydrogen-bond acceptors (Lipinski definition) is 5. The van der Waals surface area contributed by atoms with Crippen LogP contribution in [0.1, 0.15) is 0 Å². The molecule has 0 aliphatic rings. The average Bonchev–Trinajstić information content (AvgIpc) is 3.03. The highest BCUT2D eigenvalue weighted by molar-refractivity contribution is 6.30. The Morgan fingerprint density at radius 1 is 1.10 bits per heavy atom.